The second-order valence-corrected chi connectivity index (χ2v) is 3.57. The van der Waals surface area contributed by atoms with Gasteiger partial charge >= 0.3 is 12.1 Å². The minimum atomic E-state index is -5.09. The quantitative estimate of drug-likeness (QED) is 0.701. The van der Waals surface area contributed by atoms with Crippen LogP contribution in [0.25, 0.3) is 0 Å². The number of carboxylic acid groups (broad SMARTS) is 1. The molecule has 0 saturated carbocycles. The van der Waals surface area contributed by atoms with Crippen LogP contribution in [-0.2, 0) is 9.59 Å². The Balaban J connectivity index is 4.56. The van der Waals surface area contributed by atoms with E-state index in [0.717, 1.165) is 0 Å². The van der Waals surface area contributed by atoms with Gasteiger partial charge in [0.25, 0.3) is 0 Å². The van der Waals surface area contributed by atoms with Gasteiger partial charge in [0, 0.05) is 0 Å². The Hall–Kier alpha value is -1.11. The maximum atomic E-state index is 12.1. The highest BCUT2D eigenvalue weighted by Gasteiger charge is 2.46. The zero-order valence-corrected chi connectivity index (χ0v) is 9.75. The third-order valence-electron chi connectivity index (χ3n) is 2.52. The molecule has 0 fully saturated rings. The molecule has 0 saturated heterocycles. The first-order valence-corrected chi connectivity index (χ1v) is 5.30. The van der Waals surface area contributed by atoms with Gasteiger partial charge in [-0.15, -0.1) is 0 Å². The van der Waals surface area contributed by atoms with Crippen LogP contribution in [0, 0.1) is 5.92 Å². The summed E-state index contributed by atoms with van der Waals surface area (Å²) >= 11 is 0. The first kappa shape index (κ1) is 15.9. The molecule has 0 spiro atoms. The Morgan fingerprint density at radius 3 is 2.00 bits per heavy atom. The topological polar surface area (TPSA) is 57.6 Å². The summed E-state index contributed by atoms with van der Waals surface area (Å²) in [7, 11) is 0. The number of nitrogens with zero attached hydrogens (tertiary/aromatic N) is 1. The first-order chi connectivity index (χ1) is 7.73. The van der Waals surface area contributed by atoms with Crippen LogP contribution in [-0.4, -0.2) is 47.6 Å². The van der Waals surface area contributed by atoms with Crippen molar-refractivity contribution in [3.8, 4) is 0 Å². The second-order valence-electron chi connectivity index (χ2n) is 3.57. The van der Waals surface area contributed by atoms with Crippen molar-refractivity contribution in [2.45, 2.75) is 26.4 Å². The predicted octanol–water partition coefficient (Wildman–Crippen LogP) is 1.55. The van der Waals surface area contributed by atoms with Gasteiger partial charge in [0.15, 0.2) is 0 Å². The molecule has 0 aromatic carbocycles. The third-order valence-corrected chi connectivity index (χ3v) is 2.52. The highest BCUT2D eigenvalue weighted by Crippen LogP contribution is 2.23. The molecular formula is C10H16F3NO3. The fourth-order valence-corrected chi connectivity index (χ4v) is 1.42. The highest BCUT2D eigenvalue weighted by molar-refractivity contribution is 6.01. The van der Waals surface area contributed by atoms with E-state index in [0.29, 0.717) is 13.1 Å². The van der Waals surface area contributed by atoms with Gasteiger partial charge in [-0.05, 0) is 26.1 Å². The van der Waals surface area contributed by atoms with Gasteiger partial charge in [0.2, 0.25) is 5.78 Å². The lowest BCUT2D eigenvalue weighted by molar-refractivity contribution is -0.180. The Labute approximate surface area is 97.4 Å². The van der Waals surface area contributed by atoms with Crippen LogP contribution in [0.3, 0.4) is 0 Å². The van der Waals surface area contributed by atoms with Crippen molar-refractivity contribution < 1.29 is 27.9 Å². The minimum Gasteiger partial charge on any atom is -0.481 e. The maximum absolute atomic E-state index is 12.1. The van der Waals surface area contributed by atoms with Crippen LogP contribution in [0.4, 0.5) is 13.2 Å². The molecule has 0 aliphatic heterocycles. The first-order valence-electron chi connectivity index (χ1n) is 5.30. The second kappa shape index (κ2) is 6.58. The van der Waals surface area contributed by atoms with Crippen molar-refractivity contribution in [1.29, 1.82) is 0 Å². The van der Waals surface area contributed by atoms with E-state index in [1.165, 1.54) is 0 Å². The molecule has 4 nitrogen and oxygen atoms in total. The summed E-state index contributed by atoms with van der Waals surface area (Å²) in [6.07, 6.45) is -5.42. The molecule has 0 aliphatic rings. The van der Waals surface area contributed by atoms with Gasteiger partial charge < -0.3 is 10.0 Å². The number of carboxylic acids is 1. The van der Waals surface area contributed by atoms with E-state index in [1.54, 1.807) is 4.90 Å². The summed E-state index contributed by atoms with van der Waals surface area (Å²) in [6.45, 7) is 4.98. The van der Waals surface area contributed by atoms with E-state index >= 15 is 0 Å². The smallest absolute Gasteiger partial charge is 0.450 e. The summed E-state index contributed by atoms with van der Waals surface area (Å²) in [5.41, 5.74) is 0. The lowest BCUT2D eigenvalue weighted by Gasteiger charge is -2.20. The lowest BCUT2D eigenvalue weighted by Crippen LogP contribution is -2.38. The molecule has 100 valence electrons. The molecule has 7 heteroatoms. The number of halogens is 3. The fraction of sp³-hybridized carbons (Fsp3) is 0.800. The van der Waals surface area contributed by atoms with E-state index in [2.05, 4.69) is 0 Å². The largest absolute Gasteiger partial charge is 0.481 e. The minimum absolute atomic E-state index is 0.159. The molecule has 1 N–H and O–H groups in total. The van der Waals surface area contributed by atoms with Gasteiger partial charge in [-0.25, -0.2) is 0 Å². The van der Waals surface area contributed by atoms with Gasteiger partial charge in [0.1, 0.15) is 5.92 Å². The van der Waals surface area contributed by atoms with Gasteiger partial charge in [0.05, 0.1) is 0 Å². The molecular weight excluding hydrogens is 239 g/mol. The van der Waals surface area contributed by atoms with Crippen LogP contribution in [0.5, 0.6) is 0 Å². The van der Waals surface area contributed by atoms with Crippen LogP contribution < -0.4 is 0 Å². The molecule has 0 aliphatic carbocycles. The highest BCUT2D eigenvalue weighted by atomic mass is 19.4. The van der Waals surface area contributed by atoms with Crippen LogP contribution in [0.15, 0.2) is 0 Å². The molecule has 0 rings (SSSR count). The molecule has 1 unspecified atom stereocenters. The summed E-state index contributed by atoms with van der Waals surface area (Å²) in [5.74, 6) is -5.91. The SMILES string of the molecule is CCN(CC)CCC(C(=O)O)C(=O)C(F)(F)F. The summed E-state index contributed by atoms with van der Waals surface area (Å²) in [6, 6.07) is 0. The zero-order chi connectivity index (χ0) is 13.6. The molecule has 0 aromatic heterocycles. The number of ketones is 1. The Morgan fingerprint density at radius 1 is 1.24 bits per heavy atom. The van der Waals surface area contributed by atoms with Gasteiger partial charge in [-0.3, -0.25) is 9.59 Å². The number of hydrogen-bond donors (Lipinski definition) is 1. The van der Waals surface area contributed by atoms with Crippen LogP contribution in [0.2, 0.25) is 0 Å². The van der Waals surface area contributed by atoms with Crippen molar-refractivity contribution in [2.24, 2.45) is 5.92 Å². The zero-order valence-electron chi connectivity index (χ0n) is 9.75. The van der Waals surface area contributed by atoms with Gasteiger partial charge in [-0.1, -0.05) is 13.8 Å². The van der Waals surface area contributed by atoms with Crippen molar-refractivity contribution >= 4 is 11.8 Å². The number of carbonyl (C=O) groups excluding carboxylic acids is 1. The summed E-state index contributed by atoms with van der Waals surface area (Å²) in [5, 5.41) is 8.63. The number of carbonyl (C=O) groups is 2. The van der Waals surface area contributed by atoms with Crippen molar-refractivity contribution in [3.63, 3.8) is 0 Å². The van der Waals surface area contributed by atoms with Crippen molar-refractivity contribution in [3.05, 3.63) is 0 Å². The summed E-state index contributed by atoms with van der Waals surface area (Å²) < 4.78 is 36.4. The van der Waals surface area contributed by atoms with E-state index in [9.17, 15) is 22.8 Å². The van der Waals surface area contributed by atoms with E-state index in [1.807, 2.05) is 13.8 Å². The number of hydrogen-bond acceptors (Lipinski definition) is 3. The summed E-state index contributed by atoms with van der Waals surface area (Å²) in [4.78, 5) is 23.3. The molecule has 0 heterocycles. The maximum Gasteiger partial charge on any atom is 0.450 e. The van der Waals surface area contributed by atoms with Crippen molar-refractivity contribution in [1.82, 2.24) is 4.90 Å². The molecule has 0 radical (unpaired) electrons. The normalized spacial score (nSPS) is 13.8. The molecule has 0 amide bonds. The number of alkyl halides is 3. The van der Waals surface area contributed by atoms with Crippen LogP contribution >= 0.6 is 0 Å². The van der Waals surface area contributed by atoms with Gasteiger partial charge in [-0.2, -0.15) is 13.2 Å². The standard InChI is InChI=1S/C10H16F3NO3/c1-3-14(4-2)6-5-7(9(16)17)8(15)10(11,12)13/h7H,3-6H2,1-2H3,(H,16,17). The van der Waals surface area contributed by atoms with E-state index in [4.69, 9.17) is 5.11 Å². The van der Waals surface area contributed by atoms with E-state index < -0.39 is 23.8 Å². The molecule has 0 bridgehead atoms. The molecule has 1 atom stereocenters. The van der Waals surface area contributed by atoms with Crippen LogP contribution in [0.1, 0.15) is 20.3 Å². The molecule has 0 aromatic rings. The molecule has 17 heavy (non-hydrogen) atoms. The Bertz CT molecular complexity index is 274. The predicted molar refractivity (Wildman–Crippen MR) is 54.6 cm³/mol. The number of aliphatic carboxylic acids is 1. The fourth-order valence-electron chi connectivity index (χ4n) is 1.42. The Kier molecular flexibility index (Phi) is 6.15. The average Bonchev–Trinajstić information content (AvgIpc) is 2.22. The van der Waals surface area contributed by atoms with E-state index in [-0.39, 0.29) is 13.0 Å². The monoisotopic (exact) mass is 255 g/mol. The number of rotatable bonds is 7. The Morgan fingerprint density at radius 2 is 1.71 bits per heavy atom. The number of Topliss-reactive ketones (excluding diaryl/α,β-unsaturated/α-hetero) is 1. The average molecular weight is 255 g/mol. The van der Waals surface area contributed by atoms with Crippen molar-refractivity contribution in [2.75, 3.05) is 19.6 Å². The lowest BCUT2D eigenvalue weighted by atomic mass is 9.99. The third kappa shape index (κ3) is 5.16.